The first-order chi connectivity index (χ1) is 12.4. The molecule has 4 rings (SSSR count). The van der Waals surface area contributed by atoms with E-state index in [0.29, 0.717) is 10.8 Å². The number of aromatic hydroxyl groups is 1. The highest BCUT2D eigenvalue weighted by atomic mass is 32.1. The predicted octanol–water partition coefficient (Wildman–Crippen LogP) is 3.14. The summed E-state index contributed by atoms with van der Waals surface area (Å²) < 4.78 is 20.8. The van der Waals surface area contributed by atoms with E-state index < -0.39 is 0 Å². The van der Waals surface area contributed by atoms with Gasteiger partial charge in [-0.25, -0.2) is 9.37 Å². The highest BCUT2D eigenvalue weighted by Gasteiger charge is 2.34. The quantitative estimate of drug-likeness (QED) is 0.761. The van der Waals surface area contributed by atoms with Crippen LogP contribution in [0.4, 0.5) is 4.39 Å². The summed E-state index contributed by atoms with van der Waals surface area (Å²) in [7, 11) is 0. The Morgan fingerprint density at radius 2 is 1.88 bits per heavy atom. The molecular weight excluding hydrogens is 355 g/mol. The van der Waals surface area contributed by atoms with Crippen molar-refractivity contribution in [3.8, 4) is 5.88 Å². The second-order valence-electron chi connectivity index (χ2n) is 6.81. The molecule has 3 atom stereocenters. The summed E-state index contributed by atoms with van der Waals surface area (Å²) in [5.74, 6) is 0.426. The Kier molecular flexibility index (Phi) is 4.42. The van der Waals surface area contributed by atoms with E-state index in [1.54, 1.807) is 19.1 Å². The fraction of sp³-hybridized carbons (Fsp3) is 0.444. The summed E-state index contributed by atoms with van der Waals surface area (Å²) >= 11 is 1.41. The molecule has 138 valence electrons. The topological polar surface area (TPSA) is 62.9 Å². The summed E-state index contributed by atoms with van der Waals surface area (Å²) in [5, 5.41) is 15.1. The van der Waals surface area contributed by atoms with E-state index in [0.717, 1.165) is 23.5 Å². The number of aromatic nitrogens is 3. The standard InChI is InChI=1S/C18H21FN4O2S/c1-10-8-22(9-11(2)25-10)15(13-4-6-14(19)7-5-13)16-17(24)23-18(26-16)20-12(3)21-23/h4-7,10-11,15,24H,8-9H2,1-3H3/t10-,11-,15+/m1/s1. The Bertz CT molecular complexity index is 913. The lowest BCUT2D eigenvalue weighted by Crippen LogP contribution is -2.47. The molecule has 1 aliphatic rings. The molecule has 2 aromatic heterocycles. The van der Waals surface area contributed by atoms with Crippen molar-refractivity contribution >= 4 is 16.3 Å². The number of thiazole rings is 1. The van der Waals surface area contributed by atoms with Gasteiger partial charge in [0, 0.05) is 13.1 Å². The van der Waals surface area contributed by atoms with Crippen LogP contribution in [0, 0.1) is 12.7 Å². The van der Waals surface area contributed by atoms with Gasteiger partial charge in [-0.2, -0.15) is 4.52 Å². The summed E-state index contributed by atoms with van der Waals surface area (Å²) in [4.78, 5) is 8.04. The average Bonchev–Trinajstić information content (AvgIpc) is 3.07. The third kappa shape index (κ3) is 3.08. The largest absolute Gasteiger partial charge is 0.492 e. The van der Waals surface area contributed by atoms with Crippen molar-refractivity contribution in [3.63, 3.8) is 0 Å². The number of halogens is 1. The van der Waals surface area contributed by atoms with Crippen LogP contribution in [0.3, 0.4) is 0 Å². The normalized spacial score (nSPS) is 22.8. The second-order valence-corrected chi connectivity index (χ2v) is 7.82. The lowest BCUT2D eigenvalue weighted by molar-refractivity contribution is -0.0764. The van der Waals surface area contributed by atoms with Crippen molar-refractivity contribution in [2.45, 2.75) is 39.0 Å². The van der Waals surface area contributed by atoms with Gasteiger partial charge in [0.05, 0.1) is 23.1 Å². The molecule has 1 saturated heterocycles. The van der Waals surface area contributed by atoms with Crippen LogP contribution in [0.5, 0.6) is 5.88 Å². The van der Waals surface area contributed by atoms with E-state index in [-0.39, 0.29) is 29.9 Å². The highest BCUT2D eigenvalue weighted by Crippen LogP contribution is 2.40. The van der Waals surface area contributed by atoms with Crippen LogP contribution in [0.15, 0.2) is 24.3 Å². The van der Waals surface area contributed by atoms with Crippen LogP contribution < -0.4 is 0 Å². The van der Waals surface area contributed by atoms with E-state index in [4.69, 9.17) is 4.74 Å². The molecular formula is C18H21FN4O2S. The molecule has 0 saturated carbocycles. The van der Waals surface area contributed by atoms with E-state index in [9.17, 15) is 9.50 Å². The molecule has 0 unspecified atom stereocenters. The van der Waals surface area contributed by atoms with Crippen LogP contribution in [-0.2, 0) is 4.74 Å². The number of aryl methyl sites for hydroxylation is 1. The Morgan fingerprint density at radius 3 is 2.50 bits per heavy atom. The van der Waals surface area contributed by atoms with Crippen LogP contribution >= 0.6 is 11.3 Å². The summed E-state index contributed by atoms with van der Waals surface area (Å²) in [6, 6.07) is 6.23. The van der Waals surface area contributed by atoms with Gasteiger partial charge in [0.25, 0.3) is 0 Å². The summed E-state index contributed by atoms with van der Waals surface area (Å²) in [5.41, 5.74) is 0.921. The maximum atomic E-state index is 13.5. The lowest BCUT2D eigenvalue weighted by Gasteiger charge is -2.40. The Balaban J connectivity index is 1.82. The minimum absolute atomic E-state index is 0.0771. The van der Waals surface area contributed by atoms with Crippen molar-refractivity contribution in [1.29, 1.82) is 0 Å². The number of nitrogens with zero attached hydrogens (tertiary/aromatic N) is 4. The molecule has 1 aromatic carbocycles. The fourth-order valence-corrected chi connectivity index (χ4v) is 4.79. The third-order valence-corrected chi connectivity index (χ3v) is 5.63. The van der Waals surface area contributed by atoms with Crippen LogP contribution in [0.2, 0.25) is 0 Å². The van der Waals surface area contributed by atoms with Gasteiger partial charge in [0.2, 0.25) is 10.8 Å². The molecule has 3 heterocycles. The number of hydrogen-bond acceptors (Lipinski definition) is 6. The minimum Gasteiger partial charge on any atom is -0.492 e. The van der Waals surface area contributed by atoms with Crippen molar-refractivity contribution in [2.24, 2.45) is 0 Å². The Hall–Kier alpha value is -2.03. The molecule has 26 heavy (non-hydrogen) atoms. The van der Waals surface area contributed by atoms with E-state index in [1.807, 2.05) is 13.8 Å². The number of fused-ring (bicyclic) bond motifs is 1. The number of benzene rings is 1. The summed E-state index contributed by atoms with van der Waals surface area (Å²) in [6.45, 7) is 7.31. The van der Waals surface area contributed by atoms with Gasteiger partial charge in [-0.05, 0) is 38.5 Å². The van der Waals surface area contributed by atoms with E-state index in [1.165, 1.54) is 28.0 Å². The number of ether oxygens (including phenoxy) is 1. The molecule has 0 spiro atoms. The molecule has 1 aliphatic heterocycles. The first-order valence-electron chi connectivity index (χ1n) is 8.62. The zero-order valence-electron chi connectivity index (χ0n) is 14.9. The van der Waals surface area contributed by atoms with Gasteiger partial charge >= 0.3 is 0 Å². The number of hydrogen-bond donors (Lipinski definition) is 1. The highest BCUT2D eigenvalue weighted by molar-refractivity contribution is 7.17. The first kappa shape index (κ1) is 17.4. The van der Waals surface area contributed by atoms with Gasteiger partial charge in [-0.3, -0.25) is 4.90 Å². The summed E-state index contributed by atoms with van der Waals surface area (Å²) in [6.07, 6.45) is 0.154. The molecule has 0 bridgehead atoms. The predicted molar refractivity (Wildman–Crippen MR) is 97.1 cm³/mol. The van der Waals surface area contributed by atoms with Crippen LogP contribution in [0.25, 0.3) is 4.96 Å². The maximum Gasteiger partial charge on any atom is 0.230 e. The van der Waals surface area contributed by atoms with Crippen LogP contribution in [0.1, 0.15) is 36.2 Å². The van der Waals surface area contributed by atoms with Gasteiger partial charge in [-0.1, -0.05) is 23.5 Å². The zero-order valence-corrected chi connectivity index (χ0v) is 15.7. The van der Waals surface area contributed by atoms with Gasteiger partial charge in [-0.15, -0.1) is 5.10 Å². The zero-order chi connectivity index (χ0) is 18.4. The second kappa shape index (κ2) is 6.61. The fourth-order valence-electron chi connectivity index (χ4n) is 3.63. The molecule has 8 heteroatoms. The van der Waals surface area contributed by atoms with Crippen molar-refractivity contribution in [2.75, 3.05) is 13.1 Å². The maximum absolute atomic E-state index is 13.5. The van der Waals surface area contributed by atoms with Crippen LogP contribution in [-0.4, -0.2) is 49.9 Å². The van der Waals surface area contributed by atoms with Gasteiger partial charge in [0.1, 0.15) is 11.6 Å². The molecule has 1 N–H and O–H groups in total. The van der Waals surface area contributed by atoms with Crippen molar-refractivity contribution in [1.82, 2.24) is 19.5 Å². The van der Waals surface area contributed by atoms with Crippen molar-refractivity contribution in [3.05, 3.63) is 46.3 Å². The smallest absolute Gasteiger partial charge is 0.230 e. The Morgan fingerprint density at radius 1 is 1.23 bits per heavy atom. The lowest BCUT2D eigenvalue weighted by atomic mass is 10.0. The first-order valence-corrected chi connectivity index (χ1v) is 9.44. The number of rotatable bonds is 3. The number of morpholine rings is 1. The van der Waals surface area contributed by atoms with E-state index in [2.05, 4.69) is 15.0 Å². The molecule has 3 aromatic rings. The molecule has 0 radical (unpaired) electrons. The Labute approximate surface area is 154 Å². The van der Waals surface area contributed by atoms with Gasteiger partial charge in [0.15, 0.2) is 0 Å². The SMILES string of the molecule is Cc1nc2sc([C@H](c3ccc(F)cc3)N3C[C@@H](C)O[C@H](C)C3)c(O)n2n1. The molecule has 1 fully saturated rings. The van der Waals surface area contributed by atoms with E-state index >= 15 is 0 Å². The monoisotopic (exact) mass is 376 g/mol. The third-order valence-electron chi connectivity index (χ3n) is 4.55. The minimum atomic E-state index is -0.279. The molecule has 6 nitrogen and oxygen atoms in total. The molecule has 0 aliphatic carbocycles. The van der Waals surface area contributed by atoms with Crippen molar-refractivity contribution < 1.29 is 14.2 Å². The average molecular weight is 376 g/mol. The van der Waals surface area contributed by atoms with Gasteiger partial charge < -0.3 is 9.84 Å². The molecule has 0 amide bonds.